The predicted octanol–water partition coefficient (Wildman–Crippen LogP) is 3.60. The first-order valence-electron chi connectivity index (χ1n) is 7.94. The molecule has 0 bridgehead atoms. The Morgan fingerprint density at radius 3 is 2.27 bits per heavy atom. The van der Waals surface area contributed by atoms with Crippen LogP contribution in [0.2, 0.25) is 0 Å². The van der Waals surface area contributed by atoms with Gasteiger partial charge in [-0.25, -0.2) is 0 Å². The molecule has 0 aliphatic heterocycles. The number of hydrogen-bond acceptors (Lipinski definition) is 6. The minimum atomic E-state index is -0.406. The Labute approximate surface area is 152 Å². The van der Waals surface area contributed by atoms with Crippen LogP contribution in [0.5, 0.6) is 23.0 Å². The standard InChI is InChI=1S/C20H22O6/c1-12-18(23)17(20(25-4)13(2)19(12)26-11-24-3)16(22)10-7-14-5-8-15(21)9-6-14/h5-10,21,23H,11H2,1-4H3/b10-7+. The molecule has 0 heterocycles. The summed E-state index contributed by atoms with van der Waals surface area (Å²) in [5, 5.41) is 19.8. The summed E-state index contributed by atoms with van der Waals surface area (Å²) in [7, 11) is 2.92. The number of rotatable bonds is 7. The molecule has 6 nitrogen and oxygen atoms in total. The van der Waals surface area contributed by atoms with Crippen molar-refractivity contribution in [3.05, 3.63) is 52.6 Å². The second-order valence-electron chi connectivity index (χ2n) is 5.68. The smallest absolute Gasteiger partial charge is 0.193 e. The van der Waals surface area contributed by atoms with Crippen molar-refractivity contribution in [2.45, 2.75) is 13.8 Å². The van der Waals surface area contributed by atoms with Gasteiger partial charge in [0.15, 0.2) is 12.6 Å². The summed E-state index contributed by atoms with van der Waals surface area (Å²) in [6.45, 7) is 3.42. The van der Waals surface area contributed by atoms with E-state index in [4.69, 9.17) is 14.2 Å². The number of phenolic OH excluding ortho intramolecular Hbond substituents is 2. The largest absolute Gasteiger partial charge is 0.508 e. The Bertz CT molecular complexity index is 821. The maximum absolute atomic E-state index is 12.7. The fourth-order valence-electron chi connectivity index (χ4n) is 2.63. The fraction of sp³-hybridized carbons (Fsp3) is 0.250. The van der Waals surface area contributed by atoms with E-state index in [-0.39, 0.29) is 29.6 Å². The molecule has 0 spiro atoms. The number of benzene rings is 2. The van der Waals surface area contributed by atoms with E-state index in [1.807, 2.05) is 0 Å². The van der Waals surface area contributed by atoms with Crippen LogP contribution < -0.4 is 9.47 Å². The molecule has 6 heteroatoms. The van der Waals surface area contributed by atoms with Gasteiger partial charge in [-0.2, -0.15) is 0 Å². The number of carbonyl (C=O) groups is 1. The lowest BCUT2D eigenvalue weighted by molar-refractivity contribution is 0.0497. The number of ketones is 1. The first-order valence-corrected chi connectivity index (χ1v) is 7.94. The van der Waals surface area contributed by atoms with Crippen molar-refractivity contribution >= 4 is 11.9 Å². The molecule has 0 aromatic heterocycles. The fourth-order valence-corrected chi connectivity index (χ4v) is 2.63. The Balaban J connectivity index is 2.44. The minimum absolute atomic E-state index is 0.0122. The van der Waals surface area contributed by atoms with E-state index in [0.29, 0.717) is 16.9 Å². The van der Waals surface area contributed by atoms with Gasteiger partial charge >= 0.3 is 0 Å². The Hall–Kier alpha value is -2.99. The van der Waals surface area contributed by atoms with E-state index in [1.54, 1.807) is 32.1 Å². The molecule has 2 N–H and O–H groups in total. The van der Waals surface area contributed by atoms with Crippen LogP contribution in [0.3, 0.4) is 0 Å². The zero-order valence-electron chi connectivity index (χ0n) is 15.2. The van der Waals surface area contributed by atoms with E-state index in [2.05, 4.69) is 0 Å². The van der Waals surface area contributed by atoms with Crippen LogP contribution in [-0.4, -0.2) is 37.0 Å². The van der Waals surface area contributed by atoms with Crippen LogP contribution in [0.25, 0.3) is 6.08 Å². The minimum Gasteiger partial charge on any atom is -0.508 e. The first-order chi connectivity index (χ1) is 12.4. The zero-order chi connectivity index (χ0) is 19.3. The molecular formula is C20H22O6. The van der Waals surface area contributed by atoms with Crippen molar-refractivity contribution in [3.63, 3.8) is 0 Å². The van der Waals surface area contributed by atoms with E-state index in [1.165, 1.54) is 32.4 Å². The van der Waals surface area contributed by atoms with Gasteiger partial charge in [-0.1, -0.05) is 18.2 Å². The summed E-state index contributed by atoms with van der Waals surface area (Å²) in [5.74, 6) is 0.210. The summed E-state index contributed by atoms with van der Waals surface area (Å²) in [4.78, 5) is 12.7. The maximum Gasteiger partial charge on any atom is 0.193 e. The van der Waals surface area contributed by atoms with Gasteiger partial charge in [0.25, 0.3) is 0 Å². The van der Waals surface area contributed by atoms with E-state index in [9.17, 15) is 15.0 Å². The third kappa shape index (κ3) is 3.97. The maximum atomic E-state index is 12.7. The highest BCUT2D eigenvalue weighted by Crippen LogP contribution is 2.42. The van der Waals surface area contributed by atoms with Crippen LogP contribution in [0.15, 0.2) is 30.3 Å². The van der Waals surface area contributed by atoms with Gasteiger partial charge in [0.1, 0.15) is 28.6 Å². The molecule has 0 unspecified atom stereocenters. The first kappa shape index (κ1) is 19.3. The summed E-state index contributed by atoms with van der Waals surface area (Å²) < 4.78 is 15.8. The van der Waals surface area contributed by atoms with E-state index < -0.39 is 5.78 Å². The van der Waals surface area contributed by atoms with Crippen LogP contribution >= 0.6 is 0 Å². The molecule has 0 fully saturated rings. The van der Waals surface area contributed by atoms with Crippen LogP contribution in [-0.2, 0) is 4.74 Å². The van der Waals surface area contributed by atoms with Gasteiger partial charge in [0, 0.05) is 18.2 Å². The second-order valence-corrected chi connectivity index (χ2v) is 5.68. The molecule has 138 valence electrons. The van der Waals surface area contributed by atoms with Crippen molar-refractivity contribution in [2.75, 3.05) is 21.0 Å². The van der Waals surface area contributed by atoms with Crippen LogP contribution in [0, 0.1) is 13.8 Å². The highest BCUT2D eigenvalue weighted by Gasteiger charge is 2.24. The van der Waals surface area contributed by atoms with Gasteiger partial charge in [0.2, 0.25) is 0 Å². The van der Waals surface area contributed by atoms with E-state index in [0.717, 1.165) is 5.56 Å². The third-order valence-electron chi connectivity index (χ3n) is 3.93. The molecule has 0 aliphatic carbocycles. The molecular weight excluding hydrogens is 336 g/mol. The lowest BCUT2D eigenvalue weighted by Crippen LogP contribution is -2.08. The lowest BCUT2D eigenvalue weighted by atomic mass is 9.98. The predicted molar refractivity (Wildman–Crippen MR) is 98.1 cm³/mol. The topological polar surface area (TPSA) is 85.2 Å². The molecule has 0 radical (unpaired) electrons. The van der Waals surface area contributed by atoms with Crippen LogP contribution in [0.1, 0.15) is 27.0 Å². The molecule has 2 rings (SSSR count). The highest BCUT2D eigenvalue weighted by molar-refractivity contribution is 6.11. The molecule has 0 saturated carbocycles. The van der Waals surface area contributed by atoms with Gasteiger partial charge < -0.3 is 24.4 Å². The van der Waals surface area contributed by atoms with E-state index >= 15 is 0 Å². The number of methoxy groups -OCH3 is 2. The van der Waals surface area contributed by atoms with Crippen molar-refractivity contribution in [3.8, 4) is 23.0 Å². The Morgan fingerprint density at radius 2 is 1.69 bits per heavy atom. The number of phenols is 2. The summed E-state index contributed by atoms with van der Waals surface area (Å²) >= 11 is 0. The van der Waals surface area contributed by atoms with Gasteiger partial charge in [-0.15, -0.1) is 0 Å². The highest BCUT2D eigenvalue weighted by atomic mass is 16.7. The third-order valence-corrected chi connectivity index (χ3v) is 3.93. The Morgan fingerprint density at radius 1 is 1.04 bits per heavy atom. The lowest BCUT2D eigenvalue weighted by Gasteiger charge is -2.18. The van der Waals surface area contributed by atoms with Gasteiger partial charge in [-0.05, 0) is 37.6 Å². The second kappa shape index (κ2) is 8.40. The van der Waals surface area contributed by atoms with Crippen molar-refractivity contribution < 1.29 is 29.2 Å². The molecule has 0 aliphatic rings. The molecule has 0 amide bonds. The number of hydrogen-bond donors (Lipinski definition) is 2. The summed E-state index contributed by atoms with van der Waals surface area (Å²) in [6.07, 6.45) is 2.94. The monoisotopic (exact) mass is 358 g/mol. The normalized spacial score (nSPS) is 10.9. The number of ether oxygens (including phenoxy) is 3. The van der Waals surface area contributed by atoms with Crippen molar-refractivity contribution in [1.82, 2.24) is 0 Å². The molecule has 2 aromatic rings. The van der Waals surface area contributed by atoms with Crippen molar-refractivity contribution in [1.29, 1.82) is 0 Å². The zero-order valence-corrected chi connectivity index (χ0v) is 15.2. The quantitative estimate of drug-likeness (QED) is 0.447. The number of allylic oxidation sites excluding steroid dienone is 1. The average Bonchev–Trinajstić information content (AvgIpc) is 2.63. The molecule has 26 heavy (non-hydrogen) atoms. The number of carbonyl (C=O) groups excluding carboxylic acids is 1. The molecule has 0 atom stereocenters. The number of aromatic hydroxyl groups is 2. The SMILES string of the molecule is COCOc1c(C)c(O)c(C(=O)/C=C/c2ccc(O)cc2)c(OC)c1C. The molecule has 0 saturated heterocycles. The molecule has 2 aromatic carbocycles. The Kier molecular flexibility index (Phi) is 6.25. The van der Waals surface area contributed by atoms with Gasteiger partial charge in [0.05, 0.1) is 7.11 Å². The van der Waals surface area contributed by atoms with Crippen molar-refractivity contribution in [2.24, 2.45) is 0 Å². The van der Waals surface area contributed by atoms with Crippen LogP contribution in [0.4, 0.5) is 0 Å². The average molecular weight is 358 g/mol. The summed E-state index contributed by atoms with van der Waals surface area (Å²) in [6, 6.07) is 6.40. The van der Waals surface area contributed by atoms with Gasteiger partial charge in [-0.3, -0.25) is 4.79 Å². The summed E-state index contributed by atoms with van der Waals surface area (Å²) in [5.41, 5.74) is 1.84.